The molecular formula is C22H21F3N4O5S. The summed E-state index contributed by atoms with van der Waals surface area (Å²) >= 11 is 0. The largest absolute Gasteiger partial charge is 0.534 e. The van der Waals surface area contributed by atoms with Crippen LogP contribution in [0.3, 0.4) is 0 Å². The number of piperazine rings is 1. The molecule has 2 aromatic heterocycles. The Kier molecular flexibility index (Phi) is 6.45. The summed E-state index contributed by atoms with van der Waals surface area (Å²) < 4.78 is 72.1. The van der Waals surface area contributed by atoms with Crippen LogP contribution in [0.1, 0.15) is 17.3 Å². The minimum Gasteiger partial charge on any atom is -0.465 e. The molecule has 186 valence electrons. The highest BCUT2D eigenvalue weighted by Gasteiger charge is 2.49. The van der Waals surface area contributed by atoms with Crippen molar-refractivity contribution >= 4 is 38.5 Å². The number of esters is 1. The highest BCUT2D eigenvalue weighted by molar-refractivity contribution is 7.88. The Hall–Kier alpha value is -3.61. The fourth-order valence-corrected chi connectivity index (χ4v) is 4.30. The maximum atomic E-state index is 13.1. The van der Waals surface area contributed by atoms with Gasteiger partial charge in [0.25, 0.3) is 5.88 Å². The predicted molar refractivity (Wildman–Crippen MR) is 122 cm³/mol. The van der Waals surface area contributed by atoms with Crippen molar-refractivity contribution in [3.05, 3.63) is 54.2 Å². The van der Waals surface area contributed by atoms with Crippen LogP contribution in [0, 0.1) is 0 Å². The van der Waals surface area contributed by atoms with Crippen molar-refractivity contribution in [2.24, 2.45) is 0 Å². The van der Waals surface area contributed by atoms with Gasteiger partial charge in [-0.2, -0.15) is 21.6 Å². The molecule has 0 saturated carbocycles. The van der Waals surface area contributed by atoms with E-state index in [1.807, 2.05) is 24.0 Å². The third-order valence-electron chi connectivity index (χ3n) is 5.56. The molecule has 0 spiro atoms. The minimum absolute atomic E-state index is 0.0560. The number of pyridine rings is 2. The van der Waals surface area contributed by atoms with Crippen molar-refractivity contribution in [2.75, 3.05) is 36.5 Å². The van der Waals surface area contributed by atoms with Crippen LogP contribution in [0.2, 0.25) is 0 Å². The van der Waals surface area contributed by atoms with Gasteiger partial charge in [-0.15, -0.1) is 0 Å². The Bertz CT molecular complexity index is 1350. The first-order valence-corrected chi connectivity index (χ1v) is 11.9. The summed E-state index contributed by atoms with van der Waals surface area (Å²) in [5.74, 6) is -0.556. The van der Waals surface area contributed by atoms with Crippen molar-refractivity contribution in [1.82, 2.24) is 9.97 Å². The summed E-state index contributed by atoms with van der Waals surface area (Å²) in [5, 5.41) is 0.402. The number of alkyl halides is 3. The number of anilines is 2. The Morgan fingerprint density at radius 2 is 1.91 bits per heavy atom. The van der Waals surface area contributed by atoms with Crippen LogP contribution in [0.4, 0.5) is 24.7 Å². The molecule has 1 atom stereocenters. The molecule has 4 rings (SSSR count). The summed E-state index contributed by atoms with van der Waals surface area (Å²) in [5.41, 5.74) is -5.22. The van der Waals surface area contributed by atoms with Crippen LogP contribution < -0.4 is 14.0 Å². The fourth-order valence-electron chi connectivity index (χ4n) is 3.88. The van der Waals surface area contributed by atoms with Gasteiger partial charge < -0.3 is 18.7 Å². The lowest BCUT2D eigenvalue weighted by molar-refractivity contribution is -0.0501. The number of benzene rings is 1. The molecule has 0 N–H and O–H groups in total. The number of aromatic nitrogens is 2. The number of carbonyl (C=O) groups is 1. The van der Waals surface area contributed by atoms with Gasteiger partial charge in [-0.05, 0) is 43.3 Å². The highest BCUT2D eigenvalue weighted by atomic mass is 32.2. The molecule has 1 fully saturated rings. The van der Waals surface area contributed by atoms with Crippen LogP contribution in [0.5, 0.6) is 5.88 Å². The van der Waals surface area contributed by atoms with E-state index in [1.54, 1.807) is 17.2 Å². The molecule has 35 heavy (non-hydrogen) atoms. The molecule has 0 unspecified atom stereocenters. The molecule has 1 aliphatic rings. The van der Waals surface area contributed by atoms with Crippen molar-refractivity contribution in [2.45, 2.75) is 18.5 Å². The van der Waals surface area contributed by atoms with Gasteiger partial charge in [-0.25, -0.2) is 14.8 Å². The maximum Gasteiger partial charge on any atom is 0.534 e. The SMILES string of the molecule is COC(=O)c1ccc2nc(OS(=O)(=O)C(F)(F)F)c(N3CCN(c4ccccn4)C[C@@H]3C)cc2c1. The first kappa shape index (κ1) is 24.5. The fraction of sp³-hybridized carbons (Fsp3) is 0.318. The van der Waals surface area contributed by atoms with Gasteiger partial charge in [0.2, 0.25) is 0 Å². The van der Waals surface area contributed by atoms with Gasteiger partial charge >= 0.3 is 21.6 Å². The number of rotatable bonds is 5. The molecule has 3 aromatic rings. The van der Waals surface area contributed by atoms with Crippen molar-refractivity contribution < 1.29 is 35.3 Å². The Labute approximate surface area is 199 Å². The number of halogens is 3. The van der Waals surface area contributed by atoms with E-state index in [0.29, 0.717) is 25.0 Å². The molecule has 0 bridgehead atoms. The Morgan fingerprint density at radius 1 is 1.14 bits per heavy atom. The van der Waals surface area contributed by atoms with Gasteiger partial charge in [0.15, 0.2) is 0 Å². The van der Waals surface area contributed by atoms with E-state index in [0.717, 1.165) is 5.82 Å². The second-order valence-electron chi connectivity index (χ2n) is 7.87. The van der Waals surface area contributed by atoms with E-state index in [-0.39, 0.29) is 22.8 Å². The first-order valence-electron chi connectivity index (χ1n) is 10.5. The molecule has 1 aliphatic heterocycles. The molecular weight excluding hydrogens is 489 g/mol. The van der Waals surface area contributed by atoms with Gasteiger partial charge in [0.1, 0.15) is 11.5 Å². The smallest absolute Gasteiger partial charge is 0.465 e. The molecule has 13 heteroatoms. The number of nitrogens with zero attached hydrogens (tertiary/aromatic N) is 4. The lowest BCUT2D eigenvalue weighted by Gasteiger charge is -2.42. The van der Waals surface area contributed by atoms with Crippen molar-refractivity contribution in [3.63, 3.8) is 0 Å². The maximum absolute atomic E-state index is 13.1. The van der Waals surface area contributed by atoms with Gasteiger partial charge in [0, 0.05) is 37.3 Å². The molecule has 3 heterocycles. The number of hydrogen-bond acceptors (Lipinski definition) is 9. The molecule has 0 aliphatic carbocycles. The lowest BCUT2D eigenvalue weighted by atomic mass is 10.1. The highest BCUT2D eigenvalue weighted by Crippen LogP contribution is 2.37. The van der Waals surface area contributed by atoms with E-state index in [1.165, 1.54) is 31.4 Å². The van der Waals surface area contributed by atoms with Crippen LogP contribution in [0.15, 0.2) is 48.7 Å². The van der Waals surface area contributed by atoms with Crippen molar-refractivity contribution in [1.29, 1.82) is 0 Å². The zero-order valence-corrected chi connectivity index (χ0v) is 19.5. The lowest BCUT2D eigenvalue weighted by Crippen LogP contribution is -2.52. The second-order valence-corrected chi connectivity index (χ2v) is 9.41. The standard InChI is InChI=1S/C22H21F3N4O5S/c1-14-13-28(19-5-3-4-8-26-19)9-10-29(14)18-12-16-11-15(21(30)33-2)6-7-17(16)27-20(18)34-35(31,32)22(23,24)25/h3-8,11-12,14H,9-10,13H2,1-2H3/t14-/m0/s1. The summed E-state index contributed by atoms with van der Waals surface area (Å²) in [6, 6.07) is 10.9. The minimum atomic E-state index is -5.96. The molecule has 1 saturated heterocycles. The first-order chi connectivity index (χ1) is 16.5. The topological polar surface area (TPSA) is 102 Å². The van der Waals surface area contributed by atoms with Crippen LogP contribution in [-0.4, -0.2) is 62.6 Å². The summed E-state index contributed by atoms with van der Waals surface area (Å²) in [6.45, 7) is 3.09. The molecule has 0 amide bonds. The quantitative estimate of drug-likeness (QED) is 0.290. The second kappa shape index (κ2) is 9.21. The molecule has 1 aromatic carbocycles. The Balaban J connectivity index is 1.76. The predicted octanol–water partition coefficient (Wildman–Crippen LogP) is 3.36. The number of ether oxygens (including phenoxy) is 1. The molecule has 9 nitrogen and oxygen atoms in total. The number of hydrogen-bond donors (Lipinski definition) is 0. The third kappa shape index (κ3) is 4.94. The molecule has 0 radical (unpaired) electrons. The van der Waals surface area contributed by atoms with Crippen molar-refractivity contribution in [3.8, 4) is 5.88 Å². The number of methoxy groups -OCH3 is 1. The summed E-state index contributed by atoms with van der Waals surface area (Å²) in [6.07, 6.45) is 1.66. The van der Waals surface area contributed by atoms with E-state index in [2.05, 4.69) is 14.2 Å². The van der Waals surface area contributed by atoms with Crippen LogP contribution in [0.25, 0.3) is 10.9 Å². The zero-order chi connectivity index (χ0) is 25.4. The average Bonchev–Trinajstić information content (AvgIpc) is 2.82. The van der Waals surface area contributed by atoms with Gasteiger partial charge in [0.05, 0.1) is 18.2 Å². The van der Waals surface area contributed by atoms with E-state index < -0.39 is 27.5 Å². The van der Waals surface area contributed by atoms with E-state index in [9.17, 15) is 26.4 Å². The zero-order valence-electron chi connectivity index (χ0n) is 18.7. The Morgan fingerprint density at radius 3 is 2.54 bits per heavy atom. The normalized spacial score (nSPS) is 16.9. The third-order valence-corrected chi connectivity index (χ3v) is 6.51. The van der Waals surface area contributed by atoms with Crippen LogP contribution >= 0.6 is 0 Å². The van der Waals surface area contributed by atoms with Gasteiger partial charge in [-0.3, -0.25) is 0 Å². The van der Waals surface area contributed by atoms with Gasteiger partial charge in [-0.1, -0.05) is 6.07 Å². The summed E-state index contributed by atoms with van der Waals surface area (Å²) in [4.78, 5) is 24.1. The monoisotopic (exact) mass is 510 g/mol. The number of carbonyl (C=O) groups excluding carboxylic acids is 1. The van der Waals surface area contributed by atoms with E-state index in [4.69, 9.17) is 4.74 Å². The van der Waals surface area contributed by atoms with E-state index >= 15 is 0 Å². The average molecular weight is 510 g/mol. The number of fused-ring (bicyclic) bond motifs is 1. The van der Waals surface area contributed by atoms with Crippen LogP contribution in [-0.2, 0) is 14.9 Å². The summed E-state index contributed by atoms with van der Waals surface area (Å²) in [7, 11) is -4.74.